The lowest BCUT2D eigenvalue weighted by Crippen LogP contribution is -2.26. The van der Waals surface area contributed by atoms with E-state index in [1.54, 1.807) is 0 Å². The number of carbonyl (C=O) groups excluding carboxylic acids is 1. The summed E-state index contributed by atoms with van der Waals surface area (Å²) in [5, 5.41) is 8.58. The number of carboxylic acids is 1. The van der Waals surface area contributed by atoms with E-state index in [0.717, 1.165) is 7.11 Å². The Kier molecular flexibility index (Phi) is 2.73. The first-order valence-electron chi connectivity index (χ1n) is 4.07. The molecule has 4 nitrogen and oxygen atoms in total. The molecule has 0 aliphatic heterocycles. The van der Waals surface area contributed by atoms with E-state index in [4.69, 9.17) is 5.11 Å². The molecule has 0 amide bonds. The highest BCUT2D eigenvalue weighted by Gasteiger charge is 2.58. The van der Waals surface area contributed by atoms with Crippen LogP contribution in [-0.2, 0) is 14.3 Å². The van der Waals surface area contributed by atoms with Gasteiger partial charge in [-0.3, -0.25) is 9.59 Å². The summed E-state index contributed by atoms with van der Waals surface area (Å²) in [6, 6.07) is 0. The summed E-state index contributed by atoms with van der Waals surface area (Å²) < 4.78 is 29.1. The maximum atomic E-state index is 12.4. The van der Waals surface area contributed by atoms with Crippen LogP contribution in [0.5, 0.6) is 0 Å². The average Bonchev–Trinajstić information content (AvgIpc) is 2.68. The zero-order valence-corrected chi connectivity index (χ0v) is 7.50. The highest BCUT2D eigenvalue weighted by Crippen LogP contribution is 2.51. The number of hydrogen-bond donors (Lipinski definition) is 1. The van der Waals surface area contributed by atoms with Gasteiger partial charge in [0.25, 0.3) is 5.92 Å². The molecule has 14 heavy (non-hydrogen) atoms. The quantitative estimate of drug-likeness (QED) is 0.550. The highest BCUT2D eigenvalue weighted by molar-refractivity contribution is 5.93. The van der Waals surface area contributed by atoms with Crippen LogP contribution in [-0.4, -0.2) is 30.1 Å². The molecule has 0 saturated heterocycles. The van der Waals surface area contributed by atoms with Crippen LogP contribution >= 0.6 is 0 Å². The zero-order valence-electron chi connectivity index (χ0n) is 7.50. The second-order valence-electron chi connectivity index (χ2n) is 3.31. The van der Waals surface area contributed by atoms with Gasteiger partial charge in [0, 0.05) is 12.3 Å². The molecule has 0 spiro atoms. The van der Waals surface area contributed by atoms with Crippen molar-refractivity contribution in [2.24, 2.45) is 11.8 Å². The van der Waals surface area contributed by atoms with Crippen LogP contribution in [0.4, 0.5) is 8.78 Å². The number of aliphatic carboxylic acids is 1. The topological polar surface area (TPSA) is 63.6 Å². The molecule has 1 aliphatic rings. The van der Waals surface area contributed by atoms with Gasteiger partial charge in [-0.25, -0.2) is 8.78 Å². The number of carbonyl (C=O) groups is 2. The van der Waals surface area contributed by atoms with Gasteiger partial charge >= 0.3 is 11.9 Å². The molecule has 2 unspecified atom stereocenters. The van der Waals surface area contributed by atoms with Gasteiger partial charge < -0.3 is 9.84 Å². The predicted octanol–water partition coefficient (Wildman–Crippen LogP) is 0.905. The Labute approximate surface area is 78.8 Å². The Balaban J connectivity index is 2.54. The third kappa shape index (κ3) is 2.18. The van der Waals surface area contributed by atoms with Crippen LogP contribution in [0.1, 0.15) is 12.8 Å². The van der Waals surface area contributed by atoms with Crippen LogP contribution in [0.15, 0.2) is 0 Å². The number of hydrogen-bond acceptors (Lipinski definition) is 3. The predicted molar refractivity (Wildman–Crippen MR) is 40.8 cm³/mol. The summed E-state index contributed by atoms with van der Waals surface area (Å²) in [6.45, 7) is 0. The van der Waals surface area contributed by atoms with E-state index >= 15 is 0 Å². The Bertz CT molecular complexity index is 264. The fraction of sp³-hybridized carbons (Fsp3) is 0.750. The normalized spacial score (nSPS) is 25.2. The molecule has 0 radical (unpaired) electrons. The van der Waals surface area contributed by atoms with E-state index in [-0.39, 0.29) is 12.8 Å². The monoisotopic (exact) mass is 208 g/mol. The largest absolute Gasteiger partial charge is 0.481 e. The zero-order chi connectivity index (χ0) is 10.9. The maximum Gasteiger partial charge on any atom is 0.320 e. The van der Waals surface area contributed by atoms with E-state index in [0.29, 0.717) is 0 Å². The summed E-state index contributed by atoms with van der Waals surface area (Å²) in [4.78, 5) is 21.4. The van der Waals surface area contributed by atoms with E-state index in [9.17, 15) is 18.4 Å². The second kappa shape index (κ2) is 3.51. The number of carboxylic acid groups (broad SMARTS) is 1. The van der Waals surface area contributed by atoms with E-state index in [1.807, 2.05) is 0 Å². The molecule has 0 aromatic heterocycles. The van der Waals surface area contributed by atoms with Gasteiger partial charge in [0.05, 0.1) is 7.11 Å². The van der Waals surface area contributed by atoms with Crippen LogP contribution in [0.2, 0.25) is 0 Å². The van der Waals surface area contributed by atoms with Gasteiger partial charge in [-0.05, 0) is 6.42 Å². The number of methoxy groups -OCH3 is 1. The summed E-state index contributed by atoms with van der Waals surface area (Å²) in [5.41, 5.74) is 0. The third-order valence-electron chi connectivity index (χ3n) is 2.26. The van der Waals surface area contributed by atoms with Crippen molar-refractivity contribution in [2.45, 2.75) is 18.8 Å². The number of esters is 1. The average molecular weight is 208 g/mol. The first-order chi connectivity index (χ1) is 6.38. The van der Waals surface area contributed by atoms with Crippen molar-refractivity contribution in [2.75, 3.05) is 7.11 Å². The van der Waals surface area contributed by atoms with Crippen molar-refractivity contribution in [3.8, 4) is 0 Å². The van der Waals surface area contributed by atoms with Crippen molar-refractivity contribution in [3.05, 3.63) is 0 Å². The SMILES string of the molecule is COC(=O)C(CC1CC1(F)F)C(=O)O. The summed E-state index contributed by atoms with van der Waals surface area (Å²) in [5.74, 6) is -7.66. The lowest BCUT2D eigenvalue weighted by molar-refractivity contribution is -0.157. The number of rotatable bonds is 4. The van der Waals surface area contributed by atoms with Crippen molar-refractivity contribution >= 4 is 11.9 Å². The van der Waals surface area contributed by atoms with Gasteiger partial charge in [0.15, 0.2) is 5.92 Å². The molecule has 2 atom stereocenters. The molecule has 1 fully saturated rings. The second-order valence-corrected chi connectivity index (χ2v) is 3.31. The molecule has 1 aliphatic carbocycles. The molecule has 0 aromatic rings. The smallest absolute Gasteiger partial charge is 0.320 e. The number of alkyl halides is 2. The number of ether oxygens (including phenoxy) is 1. The summed E-state index contributed by atoms with van der Waals surface area (Å²) in [6.07, 6.45) is -0.692. The Hall–Kier alpha value is -1.20. The third-order valence-corrected chi connectivity index (χ3v) is 2.26. The molecule has 1 rings (SSSR count). The van der Waals surface area contributed by atoms with Crippen molar-refractivity contribution in [1.29, 1.82) is 0 Å². The van der Waals surface area contributed by atoms with Gasteiger partial charge in [-0.1, -0.05) is 0 Å². The summed E-state index contributed by atoms with van der Waals surface area (Å²) >= 11 is 0. The minimum Gasteiger partial charge on any atom is -0.481 e. The molecule has 80 valence electrons. The van der Waals surface area contributed by atoms with E-state index in [2.05, 4.69) is 4.74 Å². The van der Waals surface area contributed by atoms with Crippen LogP contribution in [0.25, 0.3) is 0 Å². The van der Waals surface area contributed by atoms with Crippen molar-refractivity contribution in [1.82, 2.24) is 0 Å². The van der Waals surface area contributed by atoms with Crippen LogP contribution in [0, 0.1) is 11.8 Å². The molecule has 1 saturated carbocycles. The van der Waals surface area contributed by atoms with Crippen LogP contribution in [0.3, 0.4) is 0 Å². The molecular weight excluding hydrogens is 198 g/mol. The molecular formula is C8H10F2O4. The molecule has 0 bridgehead atoms. The first kappa shape index (κ1) is 10.9. The Morgan fingerprint density at radius 1 is 1.64 bits per heavy atom. The minimum absolute atomic E-state index is 0.340. The Morgan fingerprint density at radius 2 is 2.14 bits per heavy atom. The van der Waals surface area contributed by atoms with Crippen molar-refractivity contribution < 1.29 is 28.2 Å². The molecule has 6 heteroatoms. The fourth-order valence-electron chi connectivity index (χ4n) is 1.25. The van der Waals surface area contributed by atoms with Crippen LogP contribution < -0.4 is 0 Å². The van der Waals surface area contributed by atoms with Gasteiger partial charge in [-0.2, -0.15) is 0 Å². The standard InChI is InChI=1S/C8H10F2O4/c1-14-7(13)5(6(11)12)2-4-3-8(4,9)10/h4-5H,2-3H2,1H3,(H,11,12). The van der Waals surface area contributed by atoms with Gasteiger partial charge in [-0.15, -0.1) is 0 Å². The van der Waals surface area contributed by atoms with Gasteiger partial charge in [0.2, 0.25) is 0 Å². The summed E-state index contributed by atoms with van der Waals surface area (Å²) in [7, 11) is 1.03. The Morgan fingerprint density at radius 3 is 2.43 bits per heavy atom. The lowest BCUT2D eigenvalue weighted by atomic mass is 10.0. The lowest BCUT2D eigenvalue weighted by Gasteiger charge is -2.08. The number of halogens is 2. The fourth-order valence-corrected chi connectivity index (χ4v) is 1.25. The van der Waals surface area contributed by atoms with E-state index < -0.39 is 29.7 Å². The van der Waals surface area contributed by atoms with Crippen molar-refractivity contribution in [3.63, 3.8) is 0 Å². The van der Waals surface area contributed by atoms with E-state index in [1.165, 1.54) is 0 Å². The molecule has 1 N–H and O–H groups in total. The maximum absolute atomic E-state index is 12.4. The first-order valence-corrected chi connectivity index (χ1v) is 4.07. The van der Waals surface area contributed by atoms with Gasteiger partial charge in [0.1, 0.15) is 0 Å². The minimum atomic E-state index is -2.80. The highest BCUT2D eigenvalue weighted by atomic mass is 19.3. The molecule has 0 aromatic carbocycles. The molecule has 0 heterocycles.